The Morgan fingerprint density at radius 2 is 1.85 bits per heavy atom. The van der Waals surface area contributed by atoms with E-state index in [9.17, 15) is 0 Å². The van der Waals surface area contributed by atoms with E-state index in [0.717, 1.165) is 12.8 Å². The number of fused-ring (bicyclic) bond motifs is 1. The van der Waals surface area contributed by atoms with E-state index in [-0.39, 0.29) is 0 Å². The summed E-state index contributed by atoms with van der Waals surface area (Å²) in [6, 6.07) is 8.38. The Morgan fingerprint density at radius 1 is 1.23 bits per heavy atom. The van der Waals surface area contributed by atoms with E-state index in [1.165, 1.54) is 11.1 Å². The molecule has 1 aromatic carbocycles. The molecule has 0 fully saturated rings. The second-order valence-electron chi connectivity index (χ2n) is 3.81. The fraction of sp³-hybridized carbons (Fsp3) is 0.455. The molecule has 0 N–H and O–H groups in total. The monoisotopic (exact) mass is 214 g/mol. The number of benzene rings is 1. The maximum Gasteiger partial charge on any atom is 0.125 e. The van der Waals surface area contributed by atoms with Gasteiger partial charge in [-0.1, -0.05) is 31.2 Å². The third-order valence-electron chi connectivity index (χ3n) is 2.79. The van der Waals surface area contributed by atoms with Gasteiger partial charge in [0, 0.05) is 6.42 Å². The lowest BCUT2D eigenvalue weighted by Crippen LogP contribution is -2.32. The van der Waals surface area contributed by atoms with Crippen molar-refractivity contribution in [3.05, 3.63) is 35.4 Å². The predicted molar refractivity (Wildman–Crippen MR) is 57.5 cm³/mol. The first kappa shape index (κ1) is 9.36. The van der Waals surface area contributed by atoms with Crippen LogP contribution in [0.5, 0.6) is 0 Å². The van der Waals surface area contributed by atoms with Gasteiger partial charge in [-0.05, 0) is 23.5 Å². The third kappa shape index (κ3) is 1.70. The molecule has 0 radical (unpaired) electrons. The molecule has 0 bridgehead atoms. The van der Waals surface area contributed by atoms with Crippen LogP contribution in [0.25, 0.3) is 0 Å². The Balaban J connectivity index is 2.39. The molecular formula is C11H12Cl2. The summed E-state index contributed by atoms with van der Waals surface area (Å²) in [5, 5.41) is 0. The molecule has 1 aliphatic rings. The van der Waals surface area contributed by atoms with Gasteiger partial charge in [-0.15, -0.1) is 23.2 Å². The zero-order valence-electron chi connectivity index (χ0n) is 7.56. The molecule has 1 aromatic rings. The molecule has 0 nitrogen and oxygen atoms in total. The van der Waals surface area contributed by atoms with E-state index in [1.807, 2.05) is 6.07 Å². The van der Waals surface area contributed by atoms with Gasteiger partial charge in [0.25, 0.3) is 0 Å². The summed E-state index contributed by atoms with van der Waals surface area (Å²) < 4.78 is -0.575. The van der Waals surface area contributed by atoms with Gasteiger partial charge in [0.05, 0.1) is 0 Å². The zero-order valence-corrected chi connectivity index (χ0v) is 9.07. The predicted octanol–water partition coefficient (Wildman–Crippen LogP) is 3.60. The van der Waals surface area contributed by atoms with E-state index in [2.05, 4.69) is 25.1 Å². The molecular weight excluding hydrogens is 203 g/mol. The second-order valence-corrected chi connectivity index (χ2v) is 5.35. The molecule has 0 amide bonds. The van der Waals surface area contributed by atoms with Crippen molar-refractivity contribution in [1.29, 1.82) is 0 Å². The molecule has 2 rings (SSSR count). The number of hydrogen-bond acceptors (Lipinski definition) is 0. The second kappa shape index (κ2) is 3.18. The first-order chi connectivity index (χ1) is 6.09. The first-order valence-electron chi connectivity index (χ1n) is 4.54. The van der Waals surface area contributed by atoms with E-state index in [0.29, 0.717) is 5.92 Å². The fourth-order valence-electron chi connectivity index (χ4n) is 1.84. The maximum atomic E-state index is 6.22. The third-order valence-corrected chi connectivity index (χ3v) is 3.80. The van der Waals surface area contributed by atoms with Crippen molar-refractivity contribution < 1.29 is 0 Å². The molecule has 0 aliphatic heterocycles. The highest BCUT2D eigenvalue weighted by Crippen LogP contribution is 2.40. The number of halogens is 2. The Bertz CT molecular complexity index is 318. The van der Waals surface area contributed by atoms with Crippen LogP contribution >= 0.6 is 23.2 Å². The summed E-state index contributed by atoms with van der Waals surface area (Å²) in [5.74, 6) is 0.339. The molecule has 13 heavy (non-hydrogen) atoms. The van der Waals surface area contributed by atoms with Crippen molar-refractivity contribution in [3.8, 4) is 0 Å². The summed E-state index contributed by atoms with van der Waals surface area (Å²) in [6.45, 7) is 2.11. The van der Waals surface area contributed by atoms with Crippen LogP contribution in [0.15, 0.2) is 24.3 Å². The molecule has 0 saturated heterocycles. The number of hydrogen-bond donors (Lipinski definition) is 0. The molecule has 1 atom stereocenters. The topological polar surface area (TPSA) is 0 Å². The number of alkyl halides is 2. The molecule has 1 unspecified atom stereocenters. The van der Waals surface area contributed by atoms with Crippen LogP contribution < -0.4 is 0 Å². The largest absolute Gasteiger partial charge is 0.125 e. The van der Waals surface area contributed by atoms with Gasteiger partial charge >= 0.3 is 0 Å². The molecule has 0 aromatic heterocycles. The molecule has 0 saturated carbocycles. The molecule has 0 heterocycles. The Labute approximate surface area is 88.9 Å². The summed E-state index contributed by atoms with van der Waals surface area (Å²) in [5.41, 5.74) is 2.69. The van der Waals surface area contributed by atoms with Crippen molar-refractivity contribution >= 4 is 23.2 Å². The van der Waals surface area contributed by atoms with E-state index in [4.69, 9.17) is 23.2 Å². The van der Waals surface area contributed by atoms with Gasteiger partial charge < -0.3 is 0 Å². The van der Waals surface area contributed by atoms with E-state index in [1.54, 1.807) is 0 Å². The highest BCUT2D eigenvalue weighted by Gasteiger charge is 2.36. The summed E-state index contributed by atoms with van der Waals surface area (Å²) in [7, 11) is 0. The molecule has 70 valence electrons. The zero-order chi connectivity index (χ0) is 9.47. The van der Waals surface area contributed by atoms with Gasteiger partial charge in [-0.2, -0.15) is 0 Å². The summed E-state index contributed by atoms with van der Waals surface area (Å²) in [6.07, 6.45) is 1.76. The standard InChI is InChI=1S/C11H12Cl2/c1-8-6-9-4-2-3-5-10(9)7-11(8,12)13/h2-5,8H,6-7H2,1H3. The smallest absolute Gasteiger partial charge is 0.101 e. The Morgan fingerprint density at radius 3 is 2.54 bits per heavy atom. The average molecular weight is 215 g/mol. The summed E-state index contributed by atoms with van der Waals surface area (Å²) >= 11 is 12.4. The van der Waals surface area contributed by atoms with Crippen LogP contribution in [0.3, 0.4) is 0 Å². The lowest BCUT2D eigenvalue weighted by Gasteiger charge is -2.33. The fourth-order valence-corrected chi connectivity index (χ4v) is 2.28. The minimum Gasteiger partial charge on any atom is -0.101 e. The van der Waals surface area contributed by atoms with E-state index >= 15 is 0 Å². The van der Waals surface area contributed by atoms with Crippen LogP contribution in [0, 0.1) is 5.92 Å². The van der Waals surface area contributed by atoms with Crippen molar-refractivity contribution in [2.75, 3.05) is 0 Å². The van der Waals surface area contributed by atoms with Gasteiger partial charge in [-0.3, -0.25) is 0 Å². The van der Waals surface area contributed by atoms with Gasteiger partial charge in [0.15, 0.2) is 0 Å². The highest BCUT2D eigenvalue weighted by molar-refractivity contribution is 6.48. The first-order valence-corrected chi connectivity index (χ1v) is 5.30. The van der Waals surface area contributed by atoms with Crippen LogP contribution in [0.4, 0.5) is 0 Å². The Hall–Kier alpha value is -0.200. The van der Waals surface area contributed by atoms with Crippen LogP contribution in [-0.2, 0) is 12.8 Å². The normalized spacial score (nSPS) is 25.3. The van der Waals surface area contributed by atoms with E-state index < -0.39 is 4.33 Å². The van der Waals surface area contributed by atoms with Crippen molar-refractivity contribution in [2.45, 2.75) is 24.1 Å². The minimum atomic E-state index is -0.575. The van der Waals surface area contributed by atoms with Crippen LogP contribution in [-0.4, -0.2) is 4.33 Å². The highest BCUT2D eigenvalue weighted by atomic mass is 35.5. The van der Waals surface area contributed by atoms with Crippen molar-refractivity contribution in [1.82, 2.24) is 0 Å². The van der Waals surface area contributed by atoms with Crippen molar-refractivity contribution in [2.24, 2.45) is 5.92 Å². The van der Waals surface area contributed by atoms with Gasteiger partial charge in [0.2, 0.25) is 0 Å². The molecule has 1 aliphatic carbocycles. The lowest BCUT2D eigenvalue weighted by molar-refractivity contribution is 0.469. The molecule has 2 heteroatoms. The minimum absolute atomic E-state index is 0.339. The Kier molecular flexibility index (Phi) is 2.29. The van der Waals surface area contributed by atoms with Crippen LogP contribution in [0.1, 0.15) is 18.1 Å². The number of rotatable bonds is 0. The van der Waals surface area contributed by atoms with Gasteiger partial charge in [0.1, 0.15) is 4.33 Å². The molecule has 0 spiro atoms. The van der Waals surface area contributed by atoms with Gasteiger partial charge in [-0.25, -0.2) is 0 Å². The quantitative estimate of drug-likeness (QED) is 0.580. The lowest BCUT2D eigenvalue weighted by atomic mass is 9.84. The average Bonchev–Trinajstić information content (AvgIpc) is 2.06. The van der Waals surface area contributed by atoms with Crippen molar-refractivity contribution in [3.63, 3.8) is 0 Å². The summed E-state index contributed by atoms with van der Waals surface area (Å²) in [4.78, 5) is 0. The van der Waals surface area contributed by atoms with Crippen LogP contribution in [0.2, 0.25) is 0 Å². The maximum absolute atomic E-state index is 6.22. The SMILES string of the molecule is CC1Cc2ccccc2CC1(Cl)Cl.